The Labute approximate surface area is 120 Å². The molecule has 1 unspecified atom stereocenters. The number of aromatic nitrogens is 1. The topological polar surface area (TPSA) is 79.3 Å². The number of nitrogens with zero attached hydrogens (tertiary/aromatic N) is 1. The van der Waals surface area contributed by atoms with Gasteiger partial charge >= 0.3 is 5.97 Å². The van der Waals surface area contributed by atoms with Gasteiger partial charge in [-0.2, -0.15) is 0 Å². The average Bonchev–Trinajstić information content (AvgIpc) is 2.92. The molecule has 2 N–H and O–H groups in total. The third-order valence-corrected chi connectivity index (χ3v) is 3.47. The molecule has 2 aromatic rings. The van der Waals surface area contributed by atoms with E-state index in [-0.39, 0.29) is 18.2 Å². The van der Waals surface area contributed by atoms with Gasteiger partial charge in [0.1, 0.15) is 5.69 Å². The number of anilines is 1. The molecule has 1 heterocycles. The van der Waals surface area contributed by atoms with E-state index in [4.69, 9.17) is 5.11 Å². The van der Waals surface area contributed by atoms with Crippen LogP contribution in [0.25, 0.3) is 0 Å². The lowest BCUT2D eigenvalue weighted by Gasteiger charge is -2.10. The standard InChI is InChI=1S/C14H14N2O3S/c1-9(6-13(17)18)10-2-4-11(5-3-10)16-14(19)12-7-20-8-15-12/h2-5,7-9H,6H2,1H3,(H,16,19)(H,17,18). The van der Waals surface area contributed by atoms with Crippen molar-refractivity contribution in [3.63, 3.8) is 0 Å². The molecule has 0 bridgehead atoms. The Morgan fingerprint density at radius 3 is 2.60 bits per heavy atom. The number of rotatable bonds is 5. The number of carboxylic acids is 1. The summed E-state index contributed by atoms with van der Waals surface area (Å²) in [4.78, 5) is 26.4. The van der Waals surface area contributed by atoms with Crippen molar-refractivity contribution in [3.05, 3.63) is 46.4 Å². The number of nitrogens with one attached hydrogen (secondary N) is 1. The zero-order chi connectivity index (χ0) is 14.5. The maximum atomic E-state index is 11.8. The fraction of sp³-hybridized carbons (Fsp3) is 0.214. The number of carbonyl (C=O) groups is 2. The zero-order valence-corrected chi connectivity index (χ0v) is 11.7. The Balaban J connectivity index is 2.01. The van der Waals surface area contributed by atoms with Crippen LogP contribution in [0.15, 0.2) is 35.2 Å². The highest BCUT2D eigenvalue weighted by atomic mass is 32.1. The summed E-state index contributed by atoms with van der Waals surface area (Å²) < 4.78 is 0. The minimum Gasteiger partial charge on any atom is -0.481 e. The number of benzene rings is 1. The lowest BCUT2D eigenvalue weighted by atomic mass is 9.98. The summed E-state index contributed by atoms with van der Waals surface area (Å²) in [6, 6.07) is 7.17. The van der Waals surface area contributed by atoms with Crippen molar-refractivity contribution >= 4 is 28.9 Å². The molecule has 1 aromatic carbocycles. The summed E-state index contributed by atoms with van der Waals surface area (Å²) in [5.41, 5.74) is 3.58. The molecule has 0 fully saturated rings. The molecule has 0 saturated carbocycles. The molecule has 0 saturated heterocycles. The van der Waals surface area contributed by atoms with E-state index in [0.717, 1.165) is 5.56 Å². The average molecular weight is 290 g/mol. The van der Waals surface area contributed by atoms with Crippen molar-refractivity contribution in [2.24, 2.45) is 0 Å². The Kier molecular flexibility index (Phi) is 4.47. The predicted octanol–water partition coefficient (Wildman–Crippen LogP) is 2.97. The monoisotopic (exact) mass is 290 g/mol. The van der Waals surface area contributed by atoms with Crippen molar-refractivity contribution in [2.75, 3.05) is 5.32 Å². The van der Waals surface area contributed by atoms with Crippen LogP contribution in [0.4, 0.5) is 5.69 Å². The second-order valence-corrected chi connectivity index (χ2v) is 5.17. The van der Waals surface area contributed by atoms with Crippen molar-refractivity contribution in [1.82, 2.24) is 4.98 Å². The van der Waals surface area contributed by atoms with Crippen LogP contribution in [0.5, 0.6) is 0 Å². The van der Waals surface area contributed by atoms with Gasteiger partial charge in [-0.05, 0) is 23.6 Å². The van der Waals surface area contributed by atoms with E-state index in [0.29, 0.717) is 11.4 Å². The molecular formula is C14H14N2O3S. The zero-order valence-electron chi connectivity index (χ0n) is 10.9. The number of aliphatic carboxylic acids is 1. The highest BCUT2D eigenvalue weighted by molar-refractivity contribution is 7.07. The predicted molar refractivity (Wildman–Crippen MR) is 77.2 cm³/mol. The second-order valence-electron chi connectivity index (χ2n) is 4.45. The molecule has 2 rings (SSSR count). The van der Waals surface area contributed by atoms with E-state index in [1.165, 1.54) is 11.3 Å². The highest BCUT2D eigenvalue weighted by Gasteiger charge is 2.11. The molecule has 0 spiro atoms. The van der Waals surface area contributed by atoms with Gasteiger partial charge in [0, 0.05) is 11.1 Å². The smallest absolute Gasteiger partial charge is 0.303 e. The summed E-state index contributed by atoms with van der Waals surface area (Å²) in [5.74, 6) is -1.13. The summed E-state index contributed by atoms with van der Waals surface area (Å²) >= 11 is 1.36. The summed E-state index contributed by atoms with van der Waals surface area (Å²) in [6.45, 7) is 1.86. The van der Waals surface area contributed by atoms with Gasteiger partial charge in [0.25, 0.3) is 5.91 Å². The van der Waals surface area contributed by atoms with Gasteiger partial charge in [-0.1, -0.05) is 19.1 Å². The first-order valence-corrected chi connectivity index (χ1v) is 7.02. The summed E-state index contributed by atoms with van der Waals surface area (Å²) in [7, 11) is 0. The van der Waals surface area contributed by atoms with E-state index >= 15 is 0 Å². The molecule has 0 aliphatic rings. The molecule has 1 amide bonds. The van der Waals surface area contributed by atoms with Gasteiger partial charge in [-0.25, -0.2) is 4.98 Å². The van der Waals surface area contributed by atoms with Crippen LogP contribution in [-0.4, -0.2) is 22.0 Å². The lowest BCUT2D eigenvalue weighted by Crippen LogP contribution is -2.12. The maximum absolute atomic E-state index is 11.8. The number of amides is 1. The van der Waals surface area contributed by atoms with Crippen molar-refractivity contribution in [3.8, 4) is 0 Å². The van der Waals surface area contributed by atoms with Crippen molar-refractivity contribution in [2.45, 2.75) is 19.3 Å². The molecule has 104 valence electrons. The first kappa shape index (κ1) is 14.2. The van der Waals surface area contributed by atoms with Gasteiger partial charge in [0.05, 0.1) is 11.9 Å². The van der Waals surface area contributed by atoms with Gasteiger partial charge in [0.2, 0.25) is 0 Å². The van der Waals surface area contributed by atoms with E-state index < -0.39 is 5.97 Å². The Morgan fingerprint density at radius 2 is 2.05 bits per heavy atom. The van der Waals surface area contributed by atoms with Gasteiger partial charge in [-0.3, -0.25) is 9.59 Å². The number of thiazole rings is 1. The molecular weight excluding hydrogens is 276 g/mol. The fourth-order valence-corrected chi connectivity index (χ4v) is 2.33. The molecule has 0 aliphatic carbocycles. The van der Waals surface area contributed by atoms with Crippen LogP contribution in [0, 0.1) is 0 Å². The van der Waals surface area contributed by atoms with Crippen LogP contribution < -0.4 is 5.32 Å². The van der Waals surface area contributed by atoms with Crippen molar-refractivity contribution < 1.29 is 14.7 Å². The number of hydrogen-bond acceptors (Lipinski definition) is 4. The number of carbonyl (C=O) groups excluding carboxylic acids is 1. The molecule has 6 heteroatoms. The molecule has 20 heavy (non-hydrogen) atoms. The van der Waals surface area contributed by atoms with Gasteiger partial charge in [-0.15, -0.1) is 11.3 Å². The van der Waals surface area contributed by atoms with E-state index in [2.05, 4.69) is 10.3 Å². The van der Waals surface area contributed by atoms with Crippen LogP contribution in [0.2, 0.25) is 0 Å². The van der Waals surface area contributed by atoms with Crippen molar-refractivity contribution in [1.29, 1.82) is 0 Å². The second kappa shape index (κ2) is 6.29. The molecule has 1 atom stereocenters. The Bertz CT molecular complexity index is 593. The van der Waals surface area contributed by atoms with E-state index in [9.17, 15) is 9.59 Å². The first-order chi connectivity index (χ1) is 9.56. The summed E-state index contributed by atoms with van der Waals surface area (Å²) in [6.07, 6.45) is 0.0878. The van der Waals surface area contributed by atoms with Gasteiger partial charge in [0.15, 0.2) is 0 Å². The first-order valence-electron chi connectivity index (χ1n) is 6.07. The minimum atomic E-state index is -0.821. The third kappa shape index (κ3) is 3.64. The number of hydrogen-bond donors (Lipinski definition) is 2. The minimum absolute atomic E-state index is 0.0595. The SMILES string of the molecule is CC(CC(=O)O)c1ccc(NC(=O)c2cscn2)cc1. The fourth-order valence-electron chi connectivity index (χ4n) is 1.79. The van der Waals surface area contributed by atoms with Crippen LogP contribution in [0.1, 0.15) is 35.3 Å². The normalized spacial score (nSPS) is 11.8. The third-order valence-electron chi connectivity index (χ3n) is 2.88. The largest absolute Gasteiger partial charge is 0.481 e. The van der Waals surface area contributed by atoms with Crippen LogP contribution in [-0.2, 0) is 4.79 Å². The van der Waals surface area contributed by atoms with E-state index in [1.807, 2.05) is 19.1 Å². The van der Waals surface area contributed by atoms with Crippen LogP contribution in [0.3, 0.4) is 0 Å². The summed E-state index contributed by atoms with van der Waals surface area (Å²) in [5, 5.41) is 13.2. The quantitative estimate of drug-likeness (QED) is 0.887. The maximum Gasteiger partial charge on any atom is 0.303 e. The molecule has 5 nitrogen and oxygen atoms in total. The van der Waals surface area contributed by atoms with Gasteiger partial charge < -0.3 is 10.4 Å². The number of carboxylic acid groups (broad SMARTS) is 1. The van der Waals surface area contributed by atoms with Crippen LogP contribution >= 0.6 is 11.3 Å². The Hall–Kier alpha value is -2.21. The highest BCUT2D eigenvalue weighted by Crippen LogP contribution is 2.21. The molecule has 1 aromatic heterocycles. The molecule has 0 aliphatic heterocycles. The van der Waals surface area contributed by atoms with E-state index in [1.54, 1.807) is 23.0 Å². The molecule has 0 radical (unpaired) electrons. The lowest BCUT2D eigenvalue weighted by molar-refractivity contribution is -0.137. The Morgan fingerprint density at radius 1 is 1.35 bits per heavy atom.